The predicted octanol–water partition coefficient (Wildman–Crippen LogP) is 1.13. The Morgan fingerprint density at radius 3 is 2.80 bits per heavy atom. The molecule has 12 nitrogen and oxygen atoms in total. The van der Waals surface area contributed by atoms with Gasteiger partial charge in [0.2, 0.25) is 5.91 Å². The SMILES string of the molecule is [2H]C([2H])([2H])NC(=O)c1nnc(NC(=O)CC)cc1Nc1nccc(-c2ncn(C)n2)c1OC. The number of carbonyl (C=O) groups is 2. The van der Waals surface area contributed by atoms with Crippen LogP contribution in [0.1, 0.15) is 27.9 Å². The van der Waals surface area contributed by atoms with Crippen LogP contribution in [0.15, 0.2) is 24.7 Å². The van der Waals surface area contributed by atoms with E-state index >= 15 is 0 Å². The molecule has 3 rings (SSSR count). The number of ether oxygens (including phenoxy) is 1. The zero-order valence-corrected chi connectivity index (χ0v) is 16.4. The lowest BCUT2D eigenvalue weighted by molar-refractivity contribution is -0.115. The van der Waals surface area contributed by atoms with Crippen LogP contribution in [0.3, 0.4) is 0 Å². The number of hydrogen-bond donors (Lipinski definition) is 3. The first-order valence-electron chi connectivity index (χ1n) is 10.3. The van der Waals surface area contributed by atoms with Crippen LogP contribution in [0, 0.1) is 0 Å². The van der Waals surface area contributed by atoms with E-state index in [0.29, 0.717) is 11.4 Å². The number of anilines is 3. The van der Waals surface area contributed by atoms with E-state index in [1.54, 1.807) is 20.0 Å². The highest BCUT2D eigenvalue weighted by atomic mass is 16.5. The van der Waals surface area contributed by atoms with Crippen molar-refractivity contribution in [2.24, 2.45) is 7.05 Å². The number of rotatable bonds is 7. The summed E-state index contributed by atoms with van der Waals surface area (Å²) in [4.78, 5) is 32.7. The molecule has 156 valence electrons. The van der Waals surface area contributed by atoms with Gasteiger partial charge in [0.1, 0.15) is 6.33 Å². The van der Waals surface area contributed by atoms with Crippen molar-refractivity contribution in [3.63, 3.8) is 0 Å². The van der Waals surface area contributed by atoms with Crippen molar-refractivity contribution in [1.82, 2.24) is 35.3 Å². The van der Waals surface area contributed by atoms with Crippen molar-refractivity contribution < 1.29 is 18.4 Å². The fourth-order valence-corrected chi connectivity index (χ4v) is 2.52. The van der Waals surface area contributed by atoms with Crippen LogP contribution >= 0.6 is 0 Å². The van der Waals surface area contributed by atoms with E-state index < -0.39 is 12.9 Å². The van der Waals surface area contributed by atoms with Gasteiger partial charge >= 0.3 is 0 Å². The number of aromatic nitrogens is 6. The second kappa shape index (κ2) is 8.94. The lowest BCUT2D eigenvalue weighted by Crippen LogP contribution is -2.22. The fourth-order valence-electron chi connectivity index (χ4n) is 2.52. The van der Waals surface area contributed by atoms with Gasteiger partial charge in [-0.25, -0.2) is 9.97 Å². The molecule has 0 aliphatic carbocycles. The standard InChI is InChI=1S/C18H21N9O3/c1-5-13(28)23-12-8-11(14(25-24-12)18(29)19-2)22-17-15(30-4)10(6-7-20-17)16-21-9-27(3)26-16/h6-9H,5H2,1-4H3,(H,19,29)(H2,20,22,23,24,28)/i2D3. The molecule has 2 amide bonds. The van der Waals surface area contributed by atoms with Gasteiger partial charge in [0, 0.05) is 36.8 Å². The molecule has 0 saturated carbocycles. The van der Waals surface area contributed by atoms with Gasteiger partial charge in [0.15, 0.2) is 28.9 Å². The first-order chi connectivity index (χ1) is 15.6. The minimum atomic E-state index is -2.74. The van der Waals surface area contributed by atoms with E-state index in [2.05, 4.69) is 35.9 Å². The molecule has 0 fully saturated rings. The first kappa shape index (κ1) is 16.8. The van der Waals surface area contributed by atoms with Crippen molar-refractivity contribution >= 4 is 29.1 Å². The molecule has 3 aromatic rings. The highest BCUT2D eigenvalue weighted by Crippen LogP contribution is 2.35. The van der Waals surface area contributed by atoms with Gasteiger partial charge in [0.05, 0.1) is 18.4 Å². The average molecular weight is 414 g/mol. The Kier molecular flexibility index (Phi) is 5.01. The van der Waals surface area contributed by atoms with Crippen molar-refractivity contribution in [2.45, 2.75) is 13.3 Å². The number of aryl methyl sites for hydroxylation is 1. The topological polar surface area (TPSA) is 149 Å². The Balaban J connectivity index is 2.06. The molecule has 30 heavy (non-hydrogen) atoms. The van der Waals surface area contributed by atoms with Crippen LogP contribution < -0.4 is 20.7 Å². The molecule has 12 heteroatoms. The second-order valence-electron chi connectivity index (χ2n) is 5.95. The van der Waals surface area contributed by atoms with Crippen LogP contribution in [0.25, 0.3) is 11.4 Å². The van der Waals surface area contributed by atoms with Gasteiger partial charge < -0.3 is 20.7 Å². The third kappa shape index (κ3) is 4.32. The second-order valence-corrected chi connectivity index (χ2v) is 5.95. The summed E-state index contributed by atoms with van der Waals surface area (Å²) in [5.41, 5.74) is 0.228. The summed E-state index contributed by atoms with van der Waals surface area (Å²) in [7, 11) is 3.14. The molecule has 3 N–H and O–H groups in total. The summed E-state index contributed by atoms with van der Waals surface area (Å²) in [5.74, 6) is -0.457. The lowest BCUT2D eigenvalue weighted by Gasteiger charge is -2.15. The van der Waals surface area contributed by atoms with E-state index in [1.165, 1.54) is 30.4 Å². The fraction of sp³-hybridized carbons (Fsp3) is 0.278. The van der Waals surface area contributed by atoms with E-state index in [-0.39, 0.29) is 41.1 Å². The Morgan fingerprint density at radius 1 is 1.30 bits per heavy atom. The van der Waals surface area contributed by atoms with E-state index in [9.17, 15) is 9.59 Å². The molecule has 3 heterocycles. The third-order valence-corrected chi connectivity index (χ3v) is 3.91. The number of hydrogen-bond acceptors (Lipinski definition) is 9. The molecule has 3 aromatic heterocycles. The van der Waals surface area contributed by atoms with Gasteiger partial charge in [-0.05, 0) is 6.07 Å². The summed E-state index contributed by atoms with van der Waals surface area (Å²) in [5, 5.41) is 19.1. The number of nitrogens with zero attached hydrogens (tertiary/aromatic N) is 6. The zero-order valence-electron chi connectivity index (χ0n) is 19.4. The Bertz CT molecular complexity index is 1180. The lowest BCUT2D eigenvalue weighted by atomic mass is 10.2. The highest BCUT2D eigenvalue weighted by Gasteiger charge is 2.20. The van der Waals surface area contributed by atoms with Crippen LogP contribution in [-0.4, -0.2) is 55.8 Å². The predicted molar refractivity (Wildman–Crippen MR) is 108 cm³/mol. The number of carbonyl (C=O) groups excluding carboxylic acids is 2. The maximum atomic E-state index is 12.5. The number of nitrogens with one attached hydrogen (secondary N) is 3. The van der Waals surface area contributed by atoms with Crippen LogP contribution in [0.5, 0.6) is 5.75 Å². The third-order valence-electron chi connectivity index (χ3n) is 3.91. The van der Waals surface area contributed by atoms with Crippen molar-refractivity contribution in [1.29, 1.82) is 0 Å². The van der Waals surface area contributed by atoms with Crippen molar-refractivity contribution in [3.8, 4) is 17.1 Å². The molecule has 0 radical (unpaired) electrons. The smallest absolute Gasteiger partial charge is 0.273 e. The number of amides is 2. The summed E-state index contributed by atoms with van der Waals surface area (Å²) in [6.45, 7) is -1.09. The maximum absolute atomic E-state index is 12.5. The summed E-state index contributed by atoms with van der Waals surface area (Å²) < 4.78 is 28.9. The highest BCUT2D eigenvalue weighted by molar-refractivity contribution is 5.99. The monoisotopic (exact) mass is 414 g/mol. The number of methoxy groups -OCH3 is 1. The summed E-state index contributed by atoms with van der Waals surface area (Å²) in [6, 6.07) is 2.99. The van der Waals surface area contributed by atoms with Crippen LogP contribution in [0.4, 0.5) is 17.3 Å². The minimum Gasteiger partial charge on any atom is -0.492 e. The summed E-state index contributed by atoms with van der Waals surface area (Å²) in [6.07, 6.45) is 3.20. The van der Waals surface area contributed by atoms with Gasteiger partial charge in [-0.2, -0.15) is 5.10 Å². The molecule has 0 aromatic carbocycles. The quantitative estimate of drug-likeness (QED) is 0.517. The molecule has 0 aliphatic rings. The molecular formula is C18H21N9O3. The largest absolute Gasteiger partial charge is 0.492 e. The first-order valence-corrected chi connectivity index (χ1v) is 8.77. The van der Waals surface area contributed by atoms with E-state index in [0.717, 1.165) is 0 Å². The van der Waals surface area contributed by atoms with Crippen LogP contribution in [0.2, 0.25) is 0 Å². The molecule has 0 aliphatic heterocycles. The van der Waals surface area contributed by atoms with Gasteiger partial charge in [-0.3, -0.25) is 14.3 Å². The number of pyridine rings is 1. The minimum absolute atomic E-state index is 0.0371. The van der Waals surface area contributed by atoms with Crippen molar-refractivity contribution in [2.75, 3.05) is 24.7 Å². The molecule has 0 atom stereocenters. The van der Waals surface area contributed by atoms with E-state index in [1.807, 2.05) is 5.32 Å². The van der Waals surface area contributed by atoms with Crippen molar-refractivity contribution in [3.05, 3.63) is 30.4 Å². The van der Waals surface area contributed by atoms with Gasteiger partial charge in [-0.1, -0.05) is 6.92 Å². The zero-order chi connectivity index (χ0) is 24.2. The molecule has 0 saturated heterocycles. The average Bonchev–Trinajstić information content (AvgIpc) is 3.18. The van der Waals surface area contributed by atoms with Gasteiger partial charge in [-0.15, -0.1) is 10.2 Å². The maximum Gasteiger partial charge on any atom is 0.273 e. The normalized spacial score (nSPS) is 12.3. The van der Waals surface area contributed by atoms with Gasteiger partial charge in [0.25, 0.3) is 5.91 Å². The summed E-state index contributed by atoms with van der Waals surface area (Å²) >= 11 is 0. The molecule has 0 unspecified atom stereocenters. The molecular weight excluding hydrogens is 390 g/mol. The Labute approximate surface area is 176 Å². The van der Waals surface area contributed by atoms with Crippen LogP contribution in [-0.2, 0) is 11.8 Å². The molecule has 0 spiro atoms. The van der Waals surface area contributed by atoms with E-state index in [4.69, 9.17) is 8.85 Å². The molecule has 0 bridgehead atoms. The Morgan fingerprint density at radius 2 is 2.13 bits per heavy atom. The Hall–Kier alpha value is -4.09.